The van der Waals surface area contributed by atoms with E-state index in [0.717, 1.165) is 55.5 Å². The van der Waals surface area contributed by atoms with Gasteiger partial charge in [-0.1, -0.05) is 133 Å². The molecule has 0 aliphatic carbocycles. The number of furan rings is 2. The van der Waals surface area contributed by atoms with Gasteiger partial charge in [-0.05, 0) is 98.4 Å². The minimum atomic E-state index is 0.854. The standard InChI is InChI=1S/C52H31NO2/c1-3-14-32(15-4-1)46-29-34-30-49-43(31-47(34)54-46)36-27-26-33(28-48(36)55-49)50-37-18-7-9-20-39(37)51(40-21-10-8-19-38(40)50)42-23-13-25-45-52(42)41-22-11-12-24-44(41)53(45)35-16-5-2-6-17-35/h1-31H. The van der Waals surface area contributed by atoms with Crippen LogP contribution in [0.1, 0.15) is 0 Å². The summed E-state index contributed by atoms with van der Waals surface area (Å²) in [5.74, 6) is 0.857. The lowest BCUT2D eigenvalue weighted by molar-refractivity contribution is 0.631. The van der Waals surface area contributed by atoms with Crippen molar-refractivity contribution < 1.29 is 8.83 Å². The van der Waals surface area contributed by atoms with Crippen molar-refractivity contribution in [3.05, 3.63) is 188 Å². The number of fused-ring (bicyclic) bond motifs is 9. The fraction of sp³-hybridized carbons (Fsp3) is 0. The predicted molar refractivity (Wildman–Crippen MR) is 229 cm³/mol. The second kappa shape index (κ2) is 11.6. The summed E-state index contributed by atoms with van der Waals surface area (Å²) in [6, 6.07) is 67.2. The number of nitrogens with zero attached hydrogens (tertiary/aromatic N) is 1. The molecule has 0 saturated carbocycles. The quantitative estimate of drug-likeness (QED) is 0.171. The van der Waals surface area contributed by atoms with E-state index in [1.54, 1.807) is 0 Å². The fourth-order valence-corrected chi connectivity index (χ4v) is 9.02. The minimum absolute atomic E-state index is 0.854. The minimum Gasteiger partial charge on any atom is -0.456 e. The van der Waals surface area contributed by atoms with Crippen LogP contribution in [0.2, 0.25) is 0 Å². The third-order valence-electron chi connectivity index (χ3n) is 11.4. The van der Waals surface area contributed by atoms with Crippen molar-refractivity contribution in [3.63, 3.8) is 0 Å². The van der Waals surface area contributed by atoms with E-state index in [4.69, 9.17) is 8.83 Å². The molecule has 256 valence electrons. The van der Waals surface area contributed by atoms with Crippen molar-refractivity contribution in [2.45, 2.75) is 0 Å². The maximum Gasteiger partial charge on any atom is 0.136 e. The summed E-state index contributed by atoms with van der Waals surface area (Å²) in [6.07, 6.45) is 0. The first-order chi connectivity index (χ1) is 27.3. The molecule has 0 N–H and O–H groups in total. The van der Waals surface area contributed by atoms with Gasteiger partial charge in [0.1, 0.15) is 22.5 Å². The van der Waals surface area contributed by atoms with Crippen molar-refractivity contribution in [1.82, 2.24) is 4.57 Å². The normalized spacial score (nSPS) is 12.0. The summed E-state index contributed by atoms with van der Waals surface area (Å²) >= 11 is 0. The monoisotopic (exact) mass is 701 g/mol. The Morgan fingerprint density at radius 3 is 1.71 bits per heavy atom. The molecule has 0 aliphatic heterocycles. The first-order valence-electron chi connectivity index (χ1n) is 18.8. The second-order valence-electron chi connectivity index (χ2n) is 14.4. The highest BCUT2D eigenvalue weighted by Crippen LogP contribution is 2.48. The zero-order valence-corrected chi connectivity index (χ0v) is 29.7. The Labute approximate surface area is 315 Å². The molecule has 0 spiro atoms. The Balaban J connectivity index is 1.09. The first kappa shape index (κ1) is 30.1. The Bertz CT molecular complexity index is 3420. The lowest BCUT2D eigenvalue weighted by atomic mass is 9.85. The van der Waals surface area contributed by atoms with Gasteiger partial charge in [0, 0.05) is 38.2 Å². The summed E-state index contributed by atoms with van der Waals surface area (Å²) in [6.45, 7) is 0. The molecule has 0 saturated heterocycles. The molecule has 3 aromatic heterocycles. The summed E-state index contributed by atoms with van der Waals surface area (Å²) < 4.78 is 15.4. The molecule has 12 rings (SSSR count). The third kappa shape index (κ3) is 4.44. The van der Waals surface area contributed by atoms with Crippen LogP contribution in [0, 0.1) is 0 Å². The number of rotatable bonds is 4. The van der Waals surface area contributed by atoms with Gasteiger partial charge in [0.05, 0.1) is 11.0 Å². The average molecular weight is 702 g/mol. The number of hydrogen-bond acceptors (Lipinski definition) is 2. The van der Waals surface area contributed by atoms with Gasteiger partial charge < -0.3 is 13.4 Å². The SMILES string of the molecule is c1ccc(-c2cc3cc4oc5cc(-c6c7ccccc7c(-c7cccc8c7c7ccccc7n8-c7ccccc7)c7ccccc67)ccc5c4cc3o2)cc1. The molecule has 3 nitrogen and oxygen atoms in total. The van der Waals surface area contributed by atoms with E-state index in [1.807, 2.05) is 18.2 Å². The molecule has 0 atom stereocenters. The van der Waals surface area contributed by atoms with E-state index < -0.39 is 0 Å². The molecule has 0 bridgehead atoms. The Kier molecular flexibility index (Phi) is 6.34. The van der Waals surface area contributed by atoms with Crippen LogP contribution in [0.25, 0.3) is 116 Å². The molecule has 12 aromatic rings. The molecule has 0 unspecified atom stereocenters. The summed E-state index contributed by atoms with van der Waals surface area (Å²) in [4.78, 5) is 0. The maximum atomic E-state index is 6.64. The van der Waals surface area contributed by atoms with Gasteiger partial charge in [0.2, 0.25) is 0 Å². The van der Waals surface area contributed by atoms with E-state index in [-0.39, 0.29) is 0 Å². The van der Waals surface area contributed by atoms with Crippen LogP contribution in [0.3, 0.4) is 0 Å². The van der Waals surface area contributed by atoms with E-state index >= 15 is 0 Å². The summed E-state index contributed by atoms with van der Waals surface area (Å²) in [7, 11) is 0. The van der Waals surface area contributed by atoms with Gasteiger partial charge in [-0.25, -0.2) is 0 Å². The molecule has 55 heavy (non-hydrogen) atoms. The third-order valence-corrected chi connectivity index (χ3v) is 11.4. The van der Waals surface area contributed by atoms with Crippen LogP contribution >= 0.6 is 0 Å². The van der Waals surface area contributed by atoms with Gasteiger partial charge in [-0.15, -0.1) is 0 Å². The second-order valence-corrected chi connectivity index (χ2v) is 14.4. The molecule has 0 amide bonds. The lowest BCUT2D eigenvalue weighted by Crippen LogP contribution is -1.93. The lowest BCUT2D eigenvalue weighted by Gasteiger charge is -2.18. The van der Waals surface area contributed by atoms with Gasteiger partial charge in [-0.2, -0.15) is 0 Å². The van der Waals surface area contributed by atoms with Crippen LogP contribution in [0.4, 0.5) is 0 Å². The Morgan fingerprint density at radius 1 is 0.345 bits per heavy atom. The van der Waals surface area contributed by atoms with Crippen LogP contribution in [0.5, 0.6) is 0 Å². The number of aromatic nitrogens is 1. The Hall–Kier alpha value is -7.36. The van der Waals surface area contributed by atoms with Crippen LogP contribution in [-0.2, 0) is 0 Å². The van der Waals surface area contributed by atoms with E-state index in [9.17, 15) is 0 Å². The van der Waals surface area contributed by atoms with Gasteiger partial charge in [0.15, 0.2) is 0 Å². The highest BCUT2D eigenvalue weighted by Gasteiger charge is 2.22. The molecule has 0 fully saturated rings. The average Bonchev–Trinajstić information content (AvgIpc) is 3.93. The van der Waals surface area contributed by atoms with Crippen molar-refractivity contribution >= 4 is 76.3 Å². The maximum absolute atomic E-state index is 6.64. The molecule has 3 heterocycles. The largest absolute Gasteiger partial charge is 0.456 e. The van der Waals surface area contributed by atoms with E-state index in [1.165, 1.54) is 60.0 Å². The van der Waals surface area contributed by atoms with Gasteiger partial charge >= 0.3 is 0 Å². The molecular weight excluding hydrogens is 671 g/mol. The molecule has 0 aliphatic rings. The van der Waals surface area contributed by atoms with Crippen LogP contribution in [0.15, 0.2) is 197 Å². The van der Waals surface area contributed by atoms with E-state index in [0.29, 0.717) is 0 Å². The predicted octanol–water partition coefficient (Wildman–Crippen LogP) is 14.7. The fourth-order valence-electron chi connectivity index (χ4n) is 9.02. The van der Waals surface area contributed by atoms with Crippen LogP contribution < -0.4 is 0 Å². The molecule has 0 radical (unpaired) electrons. The number of para-hydroxylation sites is 2. The molecule has 9 aromatic carbocycles. The Morgan fingerprint density at radius 2 is 0.964 bits per heavy atom. The number of benzene rings is 9. The highest BCUT2D eigenvalue weighted by atomic mass is 16.3. The topological polar surface area (TPSA) is 31.2 Å². The van der Waals surface area contributed by atoms with Crippen molar-refractivity contribution in [3.8, 4) is 39.3 Å². The summed E-state index contributed by atoms with van der Waals surface area (Å²) in [5.41, 5.74) is 12.0. The smallest absolute Gasteiger partial charge is 0.136 e. The van der Waals surface area contributed by atoms with Crippen molar-refractivity contribution in [2.75, 3.05) is 0 Å². The van der Waals surface area contributed by atoms with Crippen molar-refractivity contribution in [1.29, 1.82) is 0 Å². The summed E-state index contributed by atoms with van der Waals surface area (Å²) in [5, 5.41) is 10.5. The molecular formula is C52H31NO2. The van der Waals surface area contributed by atoms with Crippen molar-refractivity contribution in [2.24, 2.45) is 0 Å². The molecule has 3 heteroatoms. The highest BCUT2D eigenvalue weighted by molar-refractivity contribution is 6.26. The zero-order valence-electron chi connectivity index (χ0n) is 29.7. The number of hydrogen-bond donors (Lipinski definition) is 0. The first-order valence-corrected chi connectivity index (χ1v) is 18.8. The van der Waals surface area contributed by atoms with E-state index in [2.05, 4.69) is 174 Å². The van der Waals surface area contributed by atoms with Crippen LogP contribution in [-0.4, -0.2) is 4.57 Å². The van der Waals surface area contributed by atoms with Gasteiger partial charge in [-0.3, -0.25) is 0 Å². The van der Waals surface area contributed by atoms with Gasteiger partial charge in [0.25, 0.3) is 0 Å². The zero-order chi connectivity index (χ0) is 36.0.